The van der Waals surface area contributed by atoms with Crippen molar-refractivity contribution in [2.24, 2.45) is 13.0 Å². The molecule has 0 unspecified atom stereocenters. The Morgan fingerprint density at radius 3 is 2.67 bits per heavy atom. The normalized spacial score (nSPS) is 17.2. The van der Waals surface area contributed by atoms with E-state index in [1.54, 1.807) is 4.68 Å². The number of aryl methyl sites for hydroxylation is 2. The first kappa shape index (κ1) is 13.1. The lowest BCUT2D eigenvalue weighted by Gasteiger charge is -2.31. The van der Waals surface area contributed by atoms with E-state index < -0.39 is 0 Å². The van der Waals surface area contributed by atoms with Gasteiger partial charge in [0.05, 0.1) is 5.69 Å². The second kappa shape index (κ2) is 5.52. The zero-order valence-corrected chi connectivity index (χ0v) is 11.4. The van der Waals surface area contributed by atoms with Crippen molar-refractivity contribution in [1.82, 2.24) is 20.0 Å². The van der Waals surface area contributed by atoms with Crippen molar-refractivity contribution in [1.29, 1.82) is 0 Å². The van der Waals surface area contributed by atoms with Crippen LogP contribution >= 0.6 is 0 Å². The third kappa shape index (κ3) is 2.72. The van der Waals surface area contributed by atoms with Gasteiger partial charge in [-0.05, 0) is 45.3 Å². The summed E-state index contributed by atoms with van der Waals surface area (Å²) in [5, 5.41) is 7.44. The zero-order chi connectivity index (χ0) is 13.1. The summed E-state index contributed by atoms with van der Waals surface area (Å²) in [7, 11) is 3.81. The van der Waals surface area contributed by atoms with Crippen LogP contribution in [-0.2, 0) is 7.05 Å². The van der Waals surface area contributed by atoms with Crippen molar-refractivity contribution < 1.29 is 4.79 Å². The molecule has 0 bridgehead atoms. The molecular weight excluding hydrogens is 228 g/mol. The molecule has 0 aliphatic carbocycles. The number of hydrogen-bond acceptors (Lipinski definition) is 3. The average molecular weight is 250 g/mol. The first-order valence-corrected chi connectivity index (χ1v) is 6.56. The van der Waals surface area contributed by atoms with Crippen molar-refractivity contribution in [2.75, 3.05) is 26.7 Å². The lowest BCUT2D eigenvalue weighted by atomic mass is 9.96. The quantitative estimate of drug-likeness (QED) is 0.863. The number of nitrogens with one attached hydrogen (secondary N) is 1. The van der Waals surface area contributed by atoms with Gasteiger partial charge < -0.3 is 10.2 Å². The largest absolute Gasteiger partial charge is 0.337 e. The van der Waals surface area contributed by atoms with Crippen LogP contribution in [0.25, 0.3) is 0 Å². The van der Waals surface area contributed by atoms with Gasteiger partial charge in [0.1, 0.15) is 5.69 Å². The molecule has 0 aromatic carbocycles. The van der Waals surface area contributed by atoms with Gasteiger partial charge in [0, 0.05) is 20.1 Å². The van der Waals surface area contributed by atoms with E-state index in [1.165, 1.54) is 0 Å². The predicted octanol–water partition coefficient (Wildman–Crippen LogP) is 0.800. The highest BCUT2D eigenvalue weighted by atomic mass is 16.2. The van der Waals surface area contributed by atoms with E-state index in [0.717, 1.165) is 38.2 Å². The van der Waals surface area contributed by atoms with E-state index in [2.05, 4.69) is 10.4 Å². The summed E-state index contributed by atoms with van der Waals surface area (Å²) >= 11 is 0. The molecule has 1 aliphatic heterocycles. The van der Waals surface area contributed by atoms with Gasteiger partial charge in [-0.2, -0.15) is 5.10 Å². The molecule has 1 fully saturated rings. The molecule has 0 spiro atoms. The molecule has 2 rings (SSSR count). The lowest BCUT2D eigenvalue weighted by molar-refractivity contribution is 0.0680. The van der Waals surface area contributed by atoms with Crippen molar-refractivity contribution in [3.05, 3.63) is 17.5 Å². The van der Waals surface area contributed by atoms with Crippen LogP contribution in [0.4, 0.5) is 0 Å². The first-order valence-electron chi connectivity index (χ1n) is 6.56. The summed E-state index contributed by atoms with van der Waals surface area (Å²) in [5.74, 6) is 0.813. The maximum absolute atomic E-state index is 12.3. The second-order valence-electron chi connectivity index (χ2n) is 5.09. The number of likely N-dealkylation sites (tertiary alicyclic amines) is 1. The Bertz CT molecular complexity index is 419. The number of piperidine rings is 1. The summed E-state index contributed by atoms with van der Waals surface area (Å²) in [5.41, 5.74) is 1.59. The van der Waals surface area contributed by atoms with Gasteiger partial charge in [0.25, 0.3) is 5.91 Å². The number of amides is 1. The molecule has 0 radical (unpaired) electrons. The minimum atomic E-state index is 0.112. The van der Waals surface area contributed by atoms with Gasteiger partial charge in [-0.1, -0.05) is 0 Å². The van der Waals surface area contributed by atoms with Gasteiger partial charge in [-0.25, -0.2) is 0 Å². The third-order valence-electron chi connectivity index (χ3n) is 3.62. The smallest absolute Gasteiger partial charge is 0.272 e. The Labute approximate surface area is 108 Å². The highest BCUT2D eigenvalue weighted by Crippen LogP contribution is 2.18. The van der Waals surface area contributed by atoms with Gasteiger partial charge in [0.15, 0.2) is 0 Å². The third-order valence-corrected chi connectivity index (χ3v) is 3.62. The van der Waals surface area contributed by atoms with Crippen LogP contribution in [0.1, 0.15) is 29.0 Å². The molecule has 0 atom stereocenters. The number of carbonyl (C=O) groups excluding carboxylic acids is 1. The van der Waals surface area contributed by atoms with E-state index in [4.69, 9.17) is 0 Å². The molecule has 5 heteroatoms. The van der Waals surface area contributed by atoms with Gasteiger partial charge >= 0.3 is 0 Å². The fourth-order valence-corrected chi connectivity index (χ4v) is 2.60. The fraction of sp³-hybridized carbons (Fsp3) is 0.692. The minimum Gasteiger partial charge on any atom is -0.337 e. The van der Waals surface area contributed by atoms with E-state index in [0.29, 0.717) is 11.6 Å². The maximum atomic E-state index is 12.3. The number of rotatable bonds is 3. The van der Waals surface area contributed by atoms with Crippen molar-refractivity contribution in [3.8, 4) is 0 Å². The van der Waals surface area contributed by atoms with Crippen LogP contribution in [0.15, 0.2) is 6.07 Å². The van der Waals surface area contributed by atoms with Gasteiger partial charge in [-0.15, -0.1) is 0 Å². The van der Waals surface area contributed by atoms with Crippen molar-refractivity contribution >= 4 is 5.91 Å². The number of aromatic nitrogens is 2. The van der Waals surface area contributed by atoms with Crippen LogP contribution in [0.3, 0.4) is 0 Å². The summed E-state index contributed by atoms with van der Waals surface area (Å²) in [6, 6.07) is 1.86. The van der Waals surface area contributed by atoms with Crippen LogP contribution in [-0.4, -0.2) is 47.3 Å². The maximum Gasteiger partial charge on any atom is 0.272 e. The summed E-state index contributed by atoms with van der Waals surface area (Å²) in [4.78, 5) is 14.3. The standard InChI is InChI=1S/C13H22N4O/c1-10-8-12(16(3)15-10)13(18)17-6-4-11(5-7-17)9-14-2/h8,11,14H,4-7,9H2,1-3H3. The van der Waals surface area contributed by atoms with Crippen LogP contribution < -0.4 is 5.32 Å². The fourth-order valence-electron chi connectivity index (χ4n) is 2.60. The molecule has 1 aromatic rings. The lowest BCUT2D eigenvalue weighted by Crippen LogP contribution is -2.41. The second-order valence-corrected chi connectivity index (χ2v) is 5.09. The molecule has 18 heavy (non-hydrogen) atoms. The van der Waals surface area contributed by atoms with Gasteiger partial charge in [-0.3, -0.25) is 9.48 Å². The topological polar surface area (TPSA) is 50.2 Å². The highest BCUT2D eigenvalue weighted by molar-refractivity contribution is 5.92. The minimum absolute atomic E-state index is 0.112. The predicted molar refractivity (Wildman–Crippen MR) is 70.5 cm³/mol. The molecule has 2 heterocycles. The Balaban J connectivity index is 1.97. The SMILES string of the molecule is CNCC1CCN(C(=O)c2cc(C)nn2C)CC1. The van der Waals surface area contributed by atoms with Crippen molar-refractivity contribution in [2.45, 2.75) is 19.8 Å². The van der Waals surface area contributed by atoms with Crippen LogP contribution in [0.2, 0.25) is 0 Å². The van der Waals surface area contributed by atoms with Crippen LogP contribution in [0, 0.1) is 12.8 Å². The Morgan fingerprint density at radius 1 is 1.50 bits per heavy atom. The molecule has 1 saturated heterocycles. The molecule has 1 N–H and O–H groups in total. The molecule has 1 aliphatic rings. The van der Waals surface area contributed by atoms with E-state index in [9.17, 15) is 4.79 Å². The van der Waals surface area contributed by atoms with E-state index in [1.807, 2.05) is 32.0 Å². The van der Waals surface area contributed by atoms with Crippen molar-refractivity contribution in [3.63, 3.8) is 0 Å². The molecule has 5 nitrogen and oxygen atoms in total. The van der Waals surface area contributed by atoms with Gasteiger partial charge in [0.2, 0.25) is 0 Å². The number of hydrogen-bond donors (Lipinski definition) is 1. The Hall–Kier alpha value is -1.36. The van der Waals surface area contributed by atoms with Crippen LogP contribution in [0.5, 0.6) is 0 Å². The summed E-state index contributed by atoms with van der Waals surface area (Å²) < 4.78 is 1.68. The molecule has 100 valence electrons. The highest BCUT2D eigenvalue weighted by Gasteiger charge is 2.25. The Kier molecular flexibility index (Phi) is 4.01. The number of carbonyl (C=O) groups is 1. The average Bonchev–Trinajstić information content (AvgIpc) is 2.69. The first-order chi connectivity index (χ1) is 8.61. The molecule has 1 aromatic heterocycles. The molecule has 0 saturated carbocycles. The molecular formula is C13H22N4O. The zero-order valence-electron chi connectivity index (χ0n) is 11.4. The van der Waals surface area contributed by atoms with E-state index in [-0.39, 0.29) is 5.91 Å². The molecule has 1 amide bonds. The summed E-state index contributed by atoms with van der Waals surface area (Å²) in [6.45, 7) is 4.67. The Morgan fingerprint density at radius 2 is 2.17 bits per heavy atom. The monoisotopic (exact) mass is 250 g/mol. The van der Waals surface area contributed by atoms with E-state index >= 15 is 0 Å². The summed E-state index contributed by atoms with van der Waals surface area (Å²) in [6.07, 6.45) is 2.17. The number of nitrogens with zero attached hydrogens (tertiary/aromatic N) is 3.